The third kappa shape index (κ3) is 5.34. The molecule has 1 N–H and O–H groups in total. The highest BCUT2D eigenvalue weighted by Gasteiger charge is 2.22. The minimum Gasteiger partial charge on any atom is -0.490 e. The molecule has 0 aliphatic heterocycles. The summed E-state index contributed by atoms with van der Waals surface area (Å²) in [6.07, 6.45) is 0.840. The van der Waals surface area contributed by atoms with Crippen molar-refractivity contribution in [1.82, 2.24) is 5.32 Å². The van der Waals surface area contributed by atoms with Crippen molar-refractivity contribution in [2.75, 3.05) is 19.8 Å². The maximum absolute atomic E-state index is 12.5. The molecule has 0 bridgehead atoms. The lowest BCUT2D eigenvalue weighted by Crippen LogP contribution is -2.42. The average Bonchev–Trinajstić information content (AvgIpc) is 2.50. The van der Waals surface area contributed by atoms with E-state index in [2.05, 4.69) is 5.32 Å². The van der Waals surface area contributed by atoms with Gasteiger partial charge in [0.1, 0.15) is 0 Å². The molecule has 0 heterocycles. The average molecular weight is 323 g/mol. The van der Waals surface area contributed by atoms with E-state index in [9.17, 15) is 4.79 Å². The van der Waals surface area contributed by atoms with Gasteiger partial charge in [0, 0.05) is 11.1 Å². The van der Waals surface area contributed by atoms with Crippen LogP contribution in [0.5, 0.6) is 17.2 Å². The van der Waals surface area contributed by atoms with Crippen LogP contribution < -0.4 is 19.5 Å². The monoisotopic (exact) mass is 323 g/mol. The minimum atomic E-state index is -0.271. The summed E-state index contributed by atoms with van der Waals surface area (Å²) >= 11 is 0. The van der Waals surface area contributed by atoms with E-state index in [-0.39, 0.29) is 11.4 Å². The molecular formula is C18H29NO4. The van der Waals surface area contributed by atoms with E-state index in [0.717, 1.165) is 6.42 Å². The first-order chi connectivity index (χ1) is 10.9. The lowest BCUT2D eigenvalue weighted by molar-refractivity contribution is 0.0910. The summed E-state index contributed by atoms with van der Waals surface area (Å²) < 4.78 is 16.9. The quantitative estimate of drug-likeness (QED) is 0.751. The summed E-state index contributed by atoms with van der Waals surface area (Å²) in [6.45, 7) is 13.2. The van der Waals surface area contributed by atoms with Gasteiger partial charge in [-0.3, -0.25) is 4.79 Å². The molecule has 1 amide bonds. The third-order valence-corrected chi connectivity index (χ3v) is 3.51. The molecule has 0 aliphatic carbocycles. The van der Waals surface area contributed by atoms with Crippen LogP contribution in [0, 0.1) is 0 Å². The highest BCUT2D eigenvalue weighted by molar-refractivity contribution is 5.96. The number of carbonyl (C=O) groups is 1. The molecule has 0 saturated heterocycles. The predicted molar refractivity (Wildman–Crippen MR) is 91.8 cm³/mol. The van der Waals surface area contributed by atoms with Gasteiger partial charge < -0.3 is 19.5 Å². The van der Waals surface area contributed by atoms with Crippen molar-refractivity contribution in [2.24, 2.45) is 0 Å². The molecule has 1 aromatic carbocycles. The van der Waals surface area contributed by atoms with Gasteiger partial charge in [-0.2, -0.15) is 0 Å². The standard InChI is InChI=1S/C18H29NO4/c1-7-18(5,6)19-17(20)13-11-14(21-8-2)16(23-10-4)15(12-13)22-9-3/h11-12H,7-10H2,1-6H3,(H,19,20). The van der Waals surface area contributed by atoms with Gasteiger partial charge in [0.2, 0.25) is 5.75 Å². The minimum absolute atomic E-state index is 0.151. The predicted octanol–water partition coefficient (Wildman–Crippen LogP) is 3.80. The zero-order valence-electron chi connectivity index (χ0n) is 15.1. The van der Waals surface area contributed by atoms with Crippen LogP contribution in [-0.4, -0.2) is 31.3 Å². The summed E-state index contributed by atoms with van der Waals surface area (Å²) in [4.78, 5) is 12.5. The number of amides is 1. The maximum Gasteiger partial charge on any atom is 0.251 e. The number of rotatable bonds is 9. The molecule has 0 unspecified atom stereocenters. The second-order valence-electron chi connectivity index (χ2n) is 5.79. The van der Waals surface area contributed by atoms with Gasteiger partial charge in [0.05, 0.1) is 19.8 Å². The fraction of sp³-hybridized carbons (Fsp3) is 0.611. The molecule has 0 saturated carbocycles. The molecule has 1 aromatic rings. The Morgan fingerprint density at radius 3 is 1.83 bits per heavy atom. The lowest BCUT2D eigenvalue weighted by Gasteiger charge is -2.25. The highest BCUT2D eigenvalue weighted by Crippen LogP contribution is 2.39. The van der Waals surface area contributed by atoms with Crippen molar-refractivity contribution in [2.45, 2.75) is 53.5 Å². The zero-order chi connectivity index (χ0) is 17.5. The molecule has 5 nitrogen and oxygen atoms in total. The van der Waals surface area contributed by atoms with Crippen molar-refractivity contribution < 1.29 is 19.0 Å². The maximum atomic E-state index is 12.5. The third-order valence-electron chi connectivity index (χ3n) is 3.51. The van der Waals surface area contributed by atoms with Crippen molar-refractivity contribution in [3.63, 3.8) is 0 Å². The Bertz CT molecular complexity index is 499. The van der Waals surface area contributed by atoms with Gasteiger partial charge in [-0.05, 0) is 53.2 Å². The van der Waals surface area contributed by atoms with Crippen LogP contribution in [0.3, 0.4) is 0 Å². The van der Waals surface area contributed by atoms with Gasteiger partial charge >= 0.3 is 0 Å². The summed E-state index contributed by atoms with van der Waals surface area (Å²) in [5.74, 6) is 1.45. The molecule has 0 radical (unpaired) electrons. The van der Waals surface area contributed by atoms with Crippen molar-refractivity contribution in [1.29, 1.82) is 0 Å². The summed E-state index contributed by atoms with van der Waals surface area (Å²) in [5.41, 5.74) is 0.231. The van der Waals surface area contributed by atoms with Crippen molar-refractivity contribution in [3.8, 4) is 17.2 Å². The first kappa shape index (κ1) is 19.1. The molecule has 23 heavy (non-hydrogen) atoms. The molecule has 0 spiro atoms. The van der Waals surface area contributed by atoms with Crippen LogP contribution in [0.15, 0.2) is 12.1 Å². The number of ether oxygens (including phenoxy) is 3. The van der Waals surface area contributed by atoms with Gasteiger partial charge in [0.25, 0.3) is 5.91 Å². The Hall–Kier alpha value is -1.91. The zero-order valence-corrected chi connectivity index (χ0v) is 15.1. The van der Waals surface area contributed by atoms with Gasteiger partial charge in [0.15, 0.2) is 11.5 Å². The smallest absolute Gasteiger partial charge is 0.251 e. The lowest BCUT2D eigenvalue weighted by atomic mass is 10.0. The van der Waals surface area contributed by atoms with E-state index >= 15 is 0 Å². The largest absolute Gasteiger partial charge is 0.490 e. The van der Waals surface area contributed by atoms with Gasteiger partial charge in [-0.1, -0.05) is 6.92 Å². The Labute approximate surface area is 139 Å². The first-order valence-corrected chi connectivity index (χ1v) is 8.27. The highest BCUT2D eigenvalue weighted by atomic mass is 16.5. The van der Waals surface area contributed by atoms with Crippen LogP contribution in [0.4, 0.5) is 0 Å². The van der Waals surface area contributed by atoms with Crippen molar-refractivity contribution in [3.05, 3.63) is 17.7 Å². The first-order valence-electron chi connectivity index (χ1n) is 8.27. The molecule has 130 valence electrons. The number of hydrogen-bond donors (Lipinski definition) is 1. The Kier molecular flexibility index (Phi) is 7.20. The van der Waals surface area contributed by atoms with E-state index in [0.29, 0.717) is 42.6 Å². The Morgan fingerprint density at radius 2 is 1.43 bits per heavy atom. The van der Waals surface area contributed by atoms with Crippen LogP contribution in [0.2, 0.25) is 0 Å². The van der Waals surface area contributed by atoms with Crippen LogP contribution >= 0.6 is 0 Å². The molecular weight excluding hydrogens is 294 g/mol. The van der Waals surface area contributed by atoms with E-state index in [1.165, 1.54) is 0 Å². The van der Waals surface area contributed by atoms with Gasteiger partial charge in [-0.15, -0.1) is 0 Å². The number of hydrogen-bond acceptors (Lipinski definition) is 4. The van der Waals surface area contributed by atoms with Crippen molar-refractivity contribution >= 4 is 5.91 Å². The number of carbonyl (C=O) groups excluding carboxylic acids is 1. The van der Waals surface area contributed by atoms with Crippen LogP contribution in [0.1, 0.15) is 58.3 Å². The van der Waals surface area contributed by atoms with Gasteiger partial charge in [-0.25, -0.2) is 0 Å². The van der Waals surface area contributed by atoms with E-state index in [1.54, 1.807) is 12.1 Å². The SMILES string of the molecule is CCOc1cc(C(=O)NC(C)(C)CC)cc(OCC)c1OCC. The van der Waals surface area contributed by atoms with Crippen LogP contribution in [0.25, 0.3) is 0 Å². The fourth-order valence-corrected chi connectivity index (χ4v) is 1.99. The molecule has 0 aliphatic rings. The second kappa shape index (κ2) is 8.65. The molecule has 0 aromatic heterocycles. The summed E-state index contributed by atoms with van der Waals surface area (Å²) in [7, 11) is 0. The normalized spacial score (nSPS) is 11.0. The van der Waals surface area contributed by atoms with E-state index < -0.39 is 0 Å². The molecule has 1 rings (SSSR count). The topological polar surface area (TPSA) is 56.8 Å². The number of benzene rings is 1. The van der Waals surface area contributed by atoms with Crippen LogP contribution in [-0.2, 0) is 0 Å². The molecule has 5 heteroatoms. The van der Waals surface area contributed by atoms with E-state index in [1.807, 2.05) is 41.5 Å². The fourth-order valence-electron chi connectivity index (χ4n) is 1.99. The molecule has 0 atom stereocenters. The van der Waals surface area contributed by atoms with E-state index in [4.69, 9.17) is 14.2 Å². The summed E-state index contributed by atoms with van der Waals surface area (Å²) in [5, 5.41) is 3.02. The second-order valence-corrected chi connectivity index (χ2v) is 5.79. The Balaban J connectivity index is 3.24. The Morgan fingerprint density at radius 1 is 0.957 bits per heavy atom. The summed E-state index contributed by atoms with van der Waals surface area (Å²) in [6, 6.07) is 3.41. The number of nitrogens with one attached hydrogen (secondary N) is 1. The molecule has 0 fully saturated rings.